The molecule has 1 aliphatic rings. The van der Waals surface area contributed by atoms with Crippen LogP contribution in [-0.4, -0.2) is 12.1 Å². The molecule has 0 saturated heterocycles. The van der Waals surface area contributed by atoms with Crippen LogP contribution in [0.2, 0.25) is 0 Å². The van der Waals surface area contributed by atoms with Gasteiger partial charge in [-0.05, 0) is 38.5 Å². The third-order valence-electron chi connectivity index (χ3n) is 2.89. The van der Waals surface area contributed by atoms with Gasteiger partial charge in [0.25, 0.3) is 0 Å². The Morgan fingerprint density at radius 3 is 2.86 bits per heavy atom. The topological polar surface area (TPSA) is 26.3 Å². The van der Waals surface area contributed by atoms with Gasteiger partial charge in [0.1, 0.15) is 6.10 Å². The molecule has 2 nitrogen and oxygen atoms in total. The van der Waals surface area contributed by atoms with Crippen LogP contribution in [0.1, 0.15) is 46.5 Å². The Bertz CT molecular complexity index is 230. The van der Waals surface area contributed by atoms with Crippen LogP contribution in [0.5, 0.6) is 0 Å². The molecule has 14 heavy (non-hydrogen) atoms. The summed E-state index contributed by atoms with van der Waals surface area (Å²) >= 11 is 0. The summed E-state index contributed by atoms with van der Waals surface area (Å²) in [5.74, 6) is 0.340. The Hall–Kier alpha value is -0.790. The smallest absolute Gasteiger partial charge is 0.302 e. The molecule has 0 heterocycles. The van der Waals surface area contributed by atoms with E-state index in [2.05, 4.69) is 19.9 Å². The second-order valence-corrected chi connectivity index (χ2v) is 4.29. The van der Waals surface area contributed by atoms with Crippen molar-refractivity contribution < 1.29 is 9.53 Å². The highest BCUT2D eigenvalue weighted by Crippen LogP contribution is 2.24. The van der Waals surface area contributed by atoms with Crippen LogP contribution in [0.15, 0.2) is 11.6 Å². The lowest BCUT2D eigenvalue weighted by atomic mass is 9.90. The summed E-state index contributed by atoms with van der Waals surface area (Å²) in [6.45, 7) is 5.82. The molecular formula is C12H20O2. The molecule has 1 rings (SSSR count). The molecule has 0 amide bonds. The van der Waals surface area contributed by atoms with Crippen molar-refractivity contribution in [1.82, 2.24) is 0 Å². The molecule has 0 bridgehead atoms. The fraction of sp³-hybridized carbons (Fsp3) is 0.750. The minimum Gasteiger partial charge on any atom is -0.462 e. The van der Waals surface area contributed by atoms with Crippen LogP contribution in [-0.2, 0) is 9.53 Å². The van der Waals surface area contributed by atoms with Crippen molar-refractivity contribution in [3.63, 3.8) is 0 Å². The molecule has 1 aliphatic carbocycles. The predicted molar refractivity (Wildman–Crippen MR) is 56.9 cm³/mol. The summed E-state index contributed by atoms with van der Waals surface area (Å²) in [6.07, 6.45) is 6.70. The van der Waals surface area contributed by atoms with E-state index in [0.29, 0.717) is 5.92 Å². The van der Waals surface area contributed by atoms with Crippen molar-refractivity contribution in [1.29, 1.82) is 0 Å². The zero-order valence-electron chi connectivity index (χ0n) is 9.38. The van der Waals surface area contributed by atoms with Crippen molar-refractivity contribution in [2.75, 3.05) is 0 Å². The predicted octanol–water partition coefficient (Wildman–Crippen LogP) is 3.07. The van der Waals surface area contributed by atoms with Gasteiger partial charge in [-0.15, -0.1) is 0 Å². The molecule has 80 valence electrons. The Kier molecular flexibility index (Phi) is 4.18. The Balaban J connectivity index is 2.55. The number of carbonyl (C=O) groups excluding carboxylic acids is 1. The molecule has 0 aliphatic heterocycles. The van der Waals surface area contributed by atoms with E-state index in [1.807, 2.05) is 0 Å². The van der Waals surface area contributed by atoms with Crippen LogP contribution in [0, 0.1) is 5.92 Å². The number of carbonyl (C=O) groups is 1. The van der Waals surface area contributed by atoms with Crippen LogP contribution in [0.25, 0.3) is 0 Å². The molecule has 0 saturated carbocycles. The number of allylic oxidation sites excluding steroid dienone is 2. The van der Waals surface area contributed by atoms with E-state index >= 15 is 0 Å². The number of ether oxygens (including phenoxy) is 1. The number of hydrogen-bond donors (Lipinski definition) is 0. The highest BCUT2D eigenvalue weighted by Gasteiger charge is 2.20. The Morgan fingerprint density at radius 1 is 1.50 bits per heavy atom. The lowest BCUT2D eigenvalue weighted by Gasteiger charge is -2.25. The second kappa shape index (κ2) is 5.18. The largest absolute Gasteiger partial charge is 0.462 e. The fourth-order valence-electron chi connectivity index (χ4n) is 1.92. The van der Waals surface area contributed by atoms with Gasteiger partial charge < -0.3 is 4.74 Å². The van der Waals surface area contributed by atoms with Gasteiger partial charge in [0.15, 0.2) is 0 Å². The van der Waals surface area contributed by atoms with Gasteiger partial charge in [-0.2, -0.15) is 0 Å². The molecule has 2 unspecified atom stereocenters. The first kappa shape index (κ1) is 11.3. The summed E-state index contributed by atoms with van der Waals surface area (Å²) in [7, 11) is 0. The maximum Gasteiger partial charge on any atom is 0.302 e. The van der Waals surface area contributed by atoms with Crippen molar-refractivity contribution in [3.8, 4) is 0 Å². The van der Waals surface area contributed by atoms with E-state index in [1.54, 1.807) is 0 Å². The zero-order valence-corrected chi connectivity index (χ0v) is 9.38. The molecule has 0 radical (unpaired) electrons. The average molecular weight is 196 g/mol. The van der Waals surface area contributed by atoms with E-state index in [1.165, 1.54) is 12.5 Å². The van der Waals surface area contributed by atoms with Gasteiger partial charge in [-0.3, -0.25) is 4.79 Å². The van der Waals surface area contributed by atoms with E-state index in [0.717, 1.165) is 25.7 Å². The highest BCUT2D eigenvalue weighted by molar-refractivity contribution is 5.66. The SMILES string of the molecule is CC(=O)OC1CCC(C)=CCCC1C. The average Bonchev–Trinajstić information content (AvgIpc) is 2.09. The van der Waals surface area contributed by atoms with E-state index in [4.69, 9.17) is 4.74 Å². The van der Waals surface area contributed by atoms with Crippen LogP contribution >= 0.6 is 0 Å². The lowest BCUT2D eigenvalue weighted by Crippen LogP contribution is -2.25. The van der Waals surface area contributed by atoms with E-state index in [9.17, 15) is 4.79 Å². The first-order valence-corrected chi connectivity index (χ1v) is 5.42. The summed E-state index contributed by atoms with van der Waals surface area (Å²) in [5, 5.41) is 0. The van der Waals surface area contributed by atoms with Crippen molar-refractivity contribution in [2.24, 2.45) is 5.92 Å². The van der Waals surface area contributed by atoms with Gasteiger partial charge >= 0.3 is 5.97 Å². The molecule has 0 aromatic heterocycles. The molecule has 0 N–H and O–H groups in total. The van der Waals surface area contributed by atoms with Crippen molar-refractivity contribution in [3.05, 3.63) is 11.6 Å². The van der Waals surface area contributed by atoms with Gasteiger partial charge in [-0.1, -0.05) is 18.6 Å². The van der Waals surface area contributed by atoms with Crippen molar-refractivity contribution in [2.45, 2.75) is 52.6 Å². The summed E-state index contributed by atoms with van der Waals surface area (Å²) < 4.78 is 5.32. The van der Waals surface area contributed by atoms with Crippen molar-refractivity contribution >= 4 is 5.97 Å². The molecule has 0 aromatic rings. The highest BCUT2D eigenvalue weighted by atomic mass is 16.5. The maximum absolute atomic E-state index is 10.9. The minimum atomic E-state index is -0.149. The minimum absolute atomic E-state index is 0.121. The van der Waals surface area contributed by atoms with Gasteiger partial charge in [0.2, 0.25) is 0 Å². The summed E-state index contributed by atoms with van der Waals surface area (Å²) in [6, 6.07) is 0. The molecule has 0 spiro atoms. The lowest BCUT2D eigenvalue weighted by molar-refractivity contribution is -0.149. The Morgan fingerprint density at radius 2 is 2.21 bits per heavy atom. The first-order valence-electron chi connectivity index (χ1n) is 5.42. The zero-order chi connectivity index (χ0) is 10.6. The van der Waals surface area contributed by atoms with E-state index < -0.39 is 0 Å². The van der Waals surface area contributed by atoms with Gasteiger partial charge in [0, 0.05) is 6.92 Å². The summed E-state index contributed by atoms with van der Waals surface area (Å²) in [4.78, 5) is 10.9. The standard InChI is InChI=1S/C12H20O2/c1-9-5-4-6-10(2)12(8-7-9)14-11(3)13/h5,10,12H,4,6-8H2,1-3H3. The third-order valence-corrected chi connectivity index (χ3v) is 2.89. The molecule has 2 atom stereocenters. The quantitative estimate of drug-likeness (QED) is 0.476. The fourth-order valence-corrected chi connectivity index (χ4v) is 1.92. The number of hydrogen-bond acceptors (Lipinski definition) is 2. The summed E-state index contributed by atoms with van der Waals surface area (Å²) in [5.41, 5.74) is 1.43. The number of rotatable bonds is 1. The third kappa shape index (κ3) is 3.52. The molecular weight excluding hydrogens is 176 g/mol. The number of esters is 1. The normalized spacial score (nSPS) is 28.6. The molecule has 0 aromatic carbocycles. The van der Waals surface area contributed by atoms with Crippen LogP contribution in [0.3, 0.4) is 0 Å². The molecule has 2 heteroatoms. The maximum atomic E-state index is 10.9. The van der Waals surface area contributed by atoms with Gasteiger partial charge in [0.05, 0.1) is 0 Å². The molecule has 0 fully saturated rings. The van der Waals surface area contributed by atoms with Gasteiger partial charge in [-0.25, -0.2) is 0 Å². The first-order chi connectivity index (χ1) is 6.59. The van der Waals surface area contributed by atoms with Crippen LogP contribution < -0.4 is 0 Å². The van der Waals surface area contributed by atoms with E-state index in [-0.39, 0.29) is 12.1 Å². The Labute approximate surface area is 86.3 Å². The monoisotopic (exact) mass is 196 g/mol. The van der Waals surface area contributed by atoms with Crippen LogP contribution in [0.4, 0.5) is 0 Å². The second-order valence-electron chi connectivity index (χ2n) is 4.29.